The van der Waals surface area contributed by atoms with E-state index >= 15 is 0 Å². The molecular weight excluding hydrogens is 364 g/mol. The van der Waals surface area contributed by atoms with Crippen LogP contribution in [-0.4, -0.2) is 17.5 Å². The highest BCUT2D eigenvalue weighted by Gasteiger charge is 2.10. The molecule has 0 saturated heterocycles. The van der Waals surface area contributed by atoms with E-state index in [4.69, 9.17) is 16.3 Å². The van der Waals surface area contributed by atoms with E-state index < -0.39 is 0 Å². The van der Waals surface area contributed by atoms with Crippen LogP contribution in [0.4, 0.5) is 5.13 Å². The second-order valence-electron chi connectivity index (χ2n) is 5.22. The summed E-state index contributed by atoms with van der Waals surface area (Å²) in [5, 5.41) is 7.96. The number of amides is 1. The number of anilines is 1. The number of thiazole rings is 1. The van der Waals surface area contributed by atoms with Gasteiger partial charge in [-0.15, -0.1) is 22.7 Å². The average molecular weight is 379 g/mol. The first-order chi connectivity index (χ1) is 11.5. The minimum atomic E-state index is -0.243. The average Bonchev–Trinajstić information content (AvgIpc) is 3.21. The lowest BCUT2D eigenvalue weighted by Gasteiger charge is -2.09. The number of benzene rings is 1. The summed E-state index contributed by atoms with van der Waals surface area (Å²) in [6.07, 6.45) is 0. The Balaban J connectivity index is 1.58. The number of hydrogen-bond acceptors (Lipinski definition) is 5. The smallest absolute Gasteiger partial charge is 0.264 e. The van der Waals surface area contributed by atoms with Gasteiger partial charge in [-0.1, -0.05) is 17.7 Å². The number of rotatable bonds is 5. The SMILES string of the molecule is Cc1cc(OCC(=O)Nc2nc(-c3cccs3)cs2)cc(C)c1Cl. The number of nitrogens with zero attached hydrogens (tertiary/aromatic N) is 1. The maximum Gasteiger partial charge on any atom is 0.264 e. The molecule has 0 aliphatic heterocycles. The van der Waals surface area contributed by atoms with Crippen LogP contribution in [0.15, 0.2) is 35.0 Å². The quantitative estimate of drug-likeness (QED) is 0.667. The number of halogens is 1. The zero-order chi connectivity index (χ0) is 17.1. The fraction of sp³-hybridized carbons (Fsp3) is 0.176. The molecule has 0 bridgehead atoms. The Bertz CT molecular complexity index is 836. The Labute approximate surface area is 153 Å². The van der Waals surface area contributed by atoms with Crippen LogP contribution in [-0.2, 0) is 4.79 Å². The molecule has 7 heteroatoms. The molecule has 4 nitrogen and oxygen atoms in total. The van der Waals surface area contributed by atoms with Crippen LogP contribution >= 0.6 is 34.3 Å². The van der Waals surface area contributed by atoms with Crippen LogP contribution in [0.3, 0.4) is 0 Å². The number of carbonyl (C=O) groups excluding carboxylic acids is 1. The third-order valence-electron chi connectivity index (χ3n) is 3.30. The molecule has 1 amide bonds. The maximum absolute atomic E-state index is 12.0. The van der Waals surface area contributed by atoms with Crippen molar-refractivity contribution in [2.24, 2.45) is 0 Å². The Morgan fingerprint density at radius 3 is 2.71 bits per heavy atom. The third-order valence-corrected chi connectivity index (χ3v) is 5.55. The van der Waals surface area contributed by atoms with Gasteiger partial charge in [0.15, 0.2) is 11.7 Å². The molecule has 0 unspecified atom stereocenters. The molecular formula is C17H15ClN2O2S2. The van der Waals surface area contributed by atoms with Crippen molar-refractivity contribution < 1.29 is 9.53 Å². The standard InChI is InChI=1S/C17H15ClN2O2S2/c1-10-6-12(7-11(2)16(10)18)22-8-15(21)20-17-19-13(9-24-17)14-4-3-5-23-14/h3-7,9H,8H2,1-2H3,(H,19,20,21). The van der Waals surface area contributed by atoms with E-state index in [0.29, 0.717) is 10.9 Å². The number of aryl methyl sites for hydroxylation is 2. The number of ether oxygens (including phenoxy) is 1. The van der Waals surface area contributed by atoms with Crippen LogP contribution in [0.25, 0.3) is 10.6 Å². The summed E-state index contributed by atoms with van der Waals surface area (Å²) >= 11 is 9.13. The van der Waals surface area contributed by atoms with Crippen LogP contribution < -0.4 is 10.1 Å². The van der Waals surface area contributed by atoms with E-state index in [2.05, 4.69) is 10.3 Å². The highest BCUT2D eigenvalue weighted by molar-refractivity contribution is 7.16. The zero-order valence-corrected chi connectivity index (χ0v) is 15.5. The van der Waals surface area contributed by atoms with Gasteiger partial charge in [-0.05, 0) is 48.6 Å². The van der Waals surface area contributed by atoms with Gasteiger partial charge in [0.05, 0.1) is 10.6 Å². The van der Waals surface area contributed by atoms with E-state index in [1.165, 1.54) is 11.3 Å². The monoisotopic (exact) mass is 378 g/mol. The Morgan fingerprint density at radius 1 is 1.29 bits per heavy atom. The van der Waals surface area contributed by atoms with Crippen molar-refractivity contribution in [2.75, 3.05) is 11.9 Å². The van der Waals surface area contributed by atoms with Gasteiger partial charge in [0.25, 0.3) is 5.91 Å². The number of aromatic nitrogens is 1. The molecule has 0 aliphatic carbocycles. The lowest BCUT2D eigenvalue weighted by Crippen LogP contribution is -2.20. The highest BCUT2D eigenvalue weighted by atomic mass is 35.5. The van der Waals surface area contributed by atoms with Gasteiger partial charge in [0.2, 0.25) is 0 Å². The van der Waals surface area contributed by atoms with Crippen molar-refractivity contribution in [1.29, 1.82) is 0 Å². The van der Waals surface area contributed by atoms with Crippen molar-refractivity contribution in [3.8, 4) is 16.3 Å². The molecule has 3 rings (SSSR count). The van der Waals surface area contributed by atoms with Crippen LogP contribution in [0.1, 0.15) is 11.1 Å². The van der Waals surface area contributed by atoms with E-state index in [-0.39, 0.29) is 12.5 Å². The summed E-state index contributed by atoms with van der Waals surface area (Å²) in [5.41, 5.74) is 2.72. The molecule has 1 aromatic carbocycles. The first-order valence-electron chi connectivity index (χ1n) is 7.22. The van der Waals surface area contributed by atoms with Crippen LogP contribution in [0.2, 0.25) is 5.02 Å². The van der Waals surface area contributed by atoms with E-state index in [0.717, 1.165) is 26.7 Å². The van der Waals surface area contributed by atoms with Crippen molar-refractivity contribution >= 4 is 45.3 Å². The number of thiophene rings is 1. The molecule has 0 atom stereocenters. The van der Waals surface area contributed by atoms with Gasteiger partial charge in [-0.25, -0.2) is 4.98 Å². The second-order valence-corrected chi connectivity index (χ2v) is 7.41. The Morgan fingerprint density at radius 2 is 2.04 bits per heavy atom. The molecule has 0 aliphatic rings. The number of nitrogens with one attached hydrogen (secondary N) is 1. The van der Waals surface area contributed by atoms with Crippen molar-refractivity contribution in [2.45, 2.75) is 13.8 Å². The Kier molecular flexibility index (Phi) is 5.18. The predicted molar refractivity (Wildman–Crippen MR) is 100 cm³/mol. The van der Waals surface area contributed by atoms with Crippen LogP contribution in [0.5, 0.6) is 5.75 Å². The highest BCUT2D eigenvalue weighted by Crippen LogP contribution is 2.28. The van der Waals surface area contributed by atoms with Gasteiger partial charge >= 0.3 is 0 Å². The zero-order valence-electron chi connectivity index (χ0n) is 13.1. The normalized spacial score (nSPS) is 10.6. The lowest BCUT2D eigenvalue weighted by molar-refractivity contribution is -0.118. The molecule has 0 saturated carbocycles. The van der Waals surface area contributed by atoms with Crippen molar-refractivity contribution in [3.63, 3.8) is 0 Å². The summed E-state index contributed by atoms with van der Waals surface area (Å²) in [4.78, 5) is 17.5. The minimum Gasteiger partial charge on any atom is -0.484 e. The summed E-state index contributed by atoms with van der Waals surface area (Å²) in [6, 6.07) is 7.61. The van der Waals surface area contributed by atoms with Crippen LogP contribution in [0, 0.1) is 13.8 Å². The second kappa shape index (κ2) is 7.34. The molecule has 2 aromatic heterocycles. The fourth-order valence-electron chi connectivity index (χ4n) is 2.16. The molecule has 2 heterocycles. The fourth-order valence-corrected chi connectivity index (χ4v) is 3.76. The maximum atomic E-state index is 12.0. The molecule has 124 valence electrons. The van der Waals surface area contributed by atoms with Gasteiger partial charge < -0.3 is 4.74 Å². The first kappa shape index (κ1) is 17.0. The van der Waals surface area contributed by atoms with E-state index in [1.807, 2.05) is 48.9 Å². The topological polar surface area (TPSA) is 51.2 Å². The van der Waals surface area contributed by atoms with Gasteiger partial charge in [-0.3, -0.25) is 10.1 Å². The number of hydrogen-bond donors (Lipinski definition) is 1. The summed E-state index contributed by atoms with van der Waals surface area (Å²) in [7, 11) is 0. The Hall–Kier alpha value is -1.89. The van der Waals surface area contributed by atoms with Gasteiger partial charge in [-0.2, -0.15) is 0 Å². The molecule has 24 heavy (non-hydrogen) atoms. The molecule has 0 radical (unpaired) electrons. The van der Waals surface area contributed by atoms with Crippen molar-refractivity contribution in [3.05, 3.63) is 51.2 Å². The summed E-state index contributed by atoms with van der Waals surface area (Å²) in [6.45, 7) is 3.74. The van der Waals surface area contributed by atoms with Gasteiger partial charge in [0, 0.05) is 10.4 Å². The minimum absolute atomic E-state index is 0.0750. The predicted octanol–water partition coefficient (Wildman–Crippen LogP) is 5.16. The largest absolute Gasteiger partial charge is 0.484 e. The molecule has 3 aromatic rings. The van der Waals surface area contributed by atoms with E-state index in [9.17, 15) is 4.79 Å². The number of carbonyl (C=O) groups is 1. The van der Waals surface area contributed by atoms with E-state index in [1.54, 1.807) is 11.3 Å². The molecule has 0 fully saturated rings. The summed E-state index contributed by atoms with van der Waals surface area (Å²) < 4.78 is 5.54. The summed E-state index contributed by atoms with van der Waals surface area (Å²) in [5.74, 6) is 0.385. The lowest BCUT2D eigenvalue weighted by atomic mass is 10.1. The third kappa shape index (κ3) is 3.95. The molecule has 0 spiro atoms. The first-order valence-corrected chi connectivity index (χ1v) is 9.35. The molecule has 1 N–H and O–H groups in total. The van der Waals surface area contributed by atoms with Gasteiger partial charge in [0.1, 0.15) is 5.75 Å². The van der Waals surface area contributed by atoms with Crippen molar-refractivity contribution in [1.82, 2.24) is 4.98 Å².